The number of carbonyl (C=O) groups excluding carboxylic acids is 1. The van der Waals surface area contributed by atoms with Gasteiger partial charge in [0.1, 0.15) is 36.7 Å². The Morgan fingerprint density at radius 2 is 1.66 bits per heavy atom. The topological polar surface area (TPSA) is 288 Å². The number of nitrogen functional groups attached to an aromatic ring is 1. The van der Waals surface area contributed by atoms with Gasteiger partial charge in [-0.15, -0.1) is 0 Å². The van der Waals surface area contributed by atoms with E-state index in [0.29, 0.717) is 23.9 Å². The molecule has 0 radical (unpaired) electrons. The van der Waals surface area contributed by atoms with Gasteiger partial charge < -0.3 is 54.8 Å². The number of amides is 1. The molecule has 6 rings (SSSR count). The summed E-state index contributed by atoms with van der Waals surface area (Å²) in [5.41, 5.74) is 11.1. The summed E-state index contributed by atoms with van der Waals surface area (Å²) in [6.45, 7) is -0.261. The van der Waals surface area contributed by atoms with Crippen molar-refractivity contribution in [3.05, 3.63) is 60.6 Å². The van der Waals surface area contributed by atoms with E-state index in [-0.39, 0.29) is 36.8 Å². The van der Waals surface area contributed by atoms with Gasteiger partial charge >= 0.3 is 15.6 Å². The third-order valence-electron chi connectivity index (χ3n) is 9.30. The number of aryl methyl sites for hydroxylation is 1. The minimum Gasteiger partial charge on any atom is -0.756 e. The number of nitrogens with two attached hydrogens (primary N) is 1. The molecular weight excluding hydrogens is 833 g/mol. The number of pyridine rings is 1. The number of hydrogen-bond donors (Lipinski definition) is 6. The molecule has 24 heteroatoms. The van der Waals surface area contributed by atoms with Crippen molar-refractivity contribution in [3.63, 3.8) is 0 Å². The number of fused-ring (bicyclic) bond motifs is 3. The average molecular weight is 877 g/mol. The van der Waals surface area contributed by atoms with Gasteiger partial charge in [0.05, 0.1) is 30.2 Å². The van der Waals surface area contributed by atoms with E-state index in [1.54, 1.807) is 6.20 Å². The van der Waals surface area contributed by atoms with Crippen molar-refractivity contribution >= 4 is 79.4 Å². The summed E-state index contributed by atoms with van der Waals surface area (Å²) in [6.07, 6.45) is -0.0681. The van der Waals surface area contributed by atoms with Crippen LogP contribution in [0.3, 0.4) is 0 Å². The molecule has 2 aromatic carbocycles. The Kier molecular flexibility index (Phi) is 13.1. The number of ether oxygens (including phenoxy) is 1. The highest BCUT2D eigenvalue weighted by Gasteiger charge is 2.41. The zero-order chi connectivity index (χ0) is 42.9. The first-order valence-electron chi connectivity index (χ1n) is 17.9. The molecule has 3 aromatic heterocycles. The lowest BCUT2D eigenvalue weighted by atomic mass is 10.1. The first-order chi connectivity index (χ1) is 27.7. The number of nitrogens with zero attached hydrogens (tertiary/aromatic N) is 6. The standard InChI is InChI=1S/C35H43N8O13P3/c1-40(2)25-11-9-22-15-23-10-12-26(41(3)4)17-28(23)42(27(22)16-25)14-6-8-31(45)37-13-5-7-24-19-43(35-33(24)34(36)38-21-39-35)32-18-29(44)30(54-32)20-53-58(49,50)56-59(51,52)55-57(46,47)48/h9-12,15-17,19,21,29-30,32,44H,6,8,13-14,18,20H2,1-4H3,(H6-,36,37,38,39,45,46,47,48,49,50,51,52)/t29-,30+,32+/m0/s1. The van der Waals surface area contributed by atoms with Gasteiger partial charge in [0.15, 0.2) is 0 Å². The molecule has 7 N–H and O–H groups in total. The van der Waals surface area contributed by atoms with Gasteiger partial charge in [-0.25, -0.2) is 23.4 Å². The van der Waals surface area contributed by atoms with Gasteiger partial charge in [-0.2, -0.15) is 8.88 Å². The molecule has 59 heavy (non-hydrogen) atoms. The van der Waals surface area contributed by atoms with E-state index in [4.69, 9.17) is 15.4 Å². The van der Waals surface area contributed by atoms with E-state index in [0.717, 1.165) is 33.2 Å². The fraction of sp³-hybridized carbons (Fsp3) is 0.371. The van der Waals surface area contributed by atoms with E-state index in [2.05, 4.69) is 97.1 Å². The van der Waals surface area contributed by atoms with Gasteiger partial charge in [-0.3, -0.25) is 13.9 Å². The number of phosphoric acid groups is 3. The van der Waals surface area contributed by atoms with Gasteiger partial charge in [0.25, 0.3) is 7.82 Å². The molecule has 316 valence electrons. The molecule has 3 unspecified atom stereocenters. The maximum atomic E-state index is 13.0. The fourth-order valence-electron chi connectivity index (χ4n) is 6.56. The fourth-order valence-corrected chi connectivity index (χ4v) is 9.56. The van der Waals surface area contributed by atoms with Crippen LogP contribution in [0.5, 0.6) is 0 Å². The van der Waals surface area contributed by atoms with Crippen molar-refractivity contribution in [2.75, 3.05) is 56.9 Å². The highest BCUT2D eigenvalue weighted by Crippen LogP contribution is 2.65. The largest absolute Gasteiger partial charge is 0.756 e. The van der Waals surface area contributed by atoms with E-state index < -0.39 is 48.5 Å². The number of aliphatic hydroxyl groups excluding tert-OH is 1. The summed E-state index contributed by atoms with van der Waals surface area (Å²) < 4.78 is 56.0. The van der Waals surface area contributed by atoms with Crippen molar-refractivity contribution in [1.29, 1.82) is 0 Å². The monoisotopic (exact) mass is 876 g/mol. The highest BCUT2D eigenvalue weighted by molar-refractivity contribution is 7.66. The number of carbonyl (C=O) groups is 1. The number of hydrogen-bond acceptors (Lipinski definition) is 15. The Balaban J connectivity index is 1.10. The molecule has 1 amide bonds. The molecule has 0 spiro atoms. The Morgan fingerprint density at radius 3 is 2.27 bits per heavy atom. The lowest BCUT2D eigenvalue weighted by Crippen LogP contribution is -2.37. The summed E-state index contributed by atoms with van der Waals surface area (Å²) in [7, 11) is -9.13. The number of nitrogens with one attached hydrogen (secondary N) is 1. The average Bonchev–Trinajstić information content (AvgIpc) is 3.70. The van der Waals surface area contributed by atoms with Crippen molar-refractivity contribution in [2.45, 2.75) is 44.2 Å². The Morgan fingerprint density at radius 1 is 1.02 bits per heavy atom. The lowest BCUT2D eigenvalue weighted by molar-refractivity contribution is -0.645. The number of anilines is 3. The van der Waals surface area contributed by atoms with E-state index >= 15 is 0 Å². The Labute approximate surface area is 337 Å². The van der Waals surface area contributed by atoms with Crippen molar-refractivity contribution in [1.82, 2.24) is 19.9 Å². The Bertz CT molecular complexity index is 2540. The van der Waals surface area contributed by atoms with Crippen LogP contribution in [-0.4, -0.2) is 93.8 Å². The molecule has 6 atom stereocenters. The van der Waals surface area contributed by atoms with Crippen LogP contribution >= 0.6 is 23.5 Å². The first kappa shape index (κ1) is 44.1. The summed E-state index contributed by atoms with van der Waals surface area (Å²) in [5, 5.41) is 16.0. The number of rotatable bonds is 15. The summed E-state index contributed by atoms with van der Waals surface area (Å²) in [4.78, 5) is 63.9. The van der Waals surface area contributed by atoms with Crippen LogP contribution in [0.25, 0.3) is 32.8 Å². The van der Waals surface area contributed by atoms with Crippen LogP contribution in [0.2, 0.25) is 0 Å². The summed E-state index contributed by atoms with van der Waals surface area (Å²) >= 11 is 0. The minimum atomic E-state index is -5.83. The Hall–Kier alpha value is -4.51. The van der Waals surface area contributed by atoms with Crippen LogP contribution in [-0.2, 0) is 42.9 Å². The zero-order valence-corrected chi connectivity index (χ0v) is 34.9. The molecular formula is C35H43N8O13P3. The quantitative estimate of drug-likeness (QED) is 0.0380. The second-order valence-electron chi connectivity index (χ2n) is 14.0. The first-order valence-corrected chi connectivity index (χ1v) is 22.4. The lowest BCUT2D eigenvalue weighted by Gasteiger charge is -2.21. The van der Waals surface area contributed by atoms with E-state index in [9.17, 15) is 38.3 Å². The molecule has 1 aliphatic rings. The molecule has 5 aromatic rings. The van der Waals surface area contributed by atoms with Crippen LogP contribution in [0.1, 0.15) is 31.1 Å². The smallest absolute Gasteiger partial charge is 0.487 e. The maximum Gasteiger partial charge on any atom is 0.487 e. The van der Waals surface area contributed by atoms with Crippen LogP contribution in [0.15, 0.2) is 55.0 Å². The van der Waals surface area contributed by atoms with Crippen molar-refractivity contribution in [2.24, 2.45) is 0 Å². The second-order valence-corrected chi connectivity index (χ2v) is 18.3. The third kappa shape index (κ3) is 10.8. The zero-order valence-electron chi connectivity index (χ0n) is 32.2. The highest BCUT2D eigenvalue weighted by atomic mass is 31.3. The van der Waals surface area contributed by atoms with Gasteiger partial charge in [0, 0.05) is 87.9 Å². The van der Waals surface area contributed by atoms with Gasteiger partial charge in [0.2, 0.25) is 16.9 Å². The maximum absolute atomic E-state index is 13.0. The molecule has 0 saturated carbocycles. The molecule has 4 heterocycles. The summed E-state index contributed by atoms with van der Waals surface area (Å²) in [6, 6.07) is 14.8. The number of aromatic nitrogens is 4. The van der Waals surface area contributed by atoms with Gasteiger partial charge in [-0.05, 0) is 30.3 Å². The van der Waals surface area contributed by atoms with Crippen molar-refractivity contribution in [3.8, 4) is 11.8 Å². The predicted octanol–water partition coefficient (Wildman–Crippen LogP) is 2.05. The molecule has 1 saturated heterocycles. The van der Waals surface area contributed by atoms with E-state index in [1.807, 2.05) is 28.2 Å². The number of aliphatic hydroxyl groups is 1. The number of benzene rings is 2. The SMILES string of the molecule is CN(C)c1ccc2cc3ccc(N(C)C)cc3[n+](CCCC(=O)NCC#Cc3cn([C@H]4C[C@H](O)[C@@H](COP(=O)(O)OP(=O)(O)OP(=O)([O-])O)O4)c4ncnc(N)c34)c2c1. The minimum absolute atomic E-state index is 0.0136. The molecule has 1 aliphatic heterocycles. The normalized spacial score (nSPS) is 19.8. The summed E-state index contributed by atoms with van der Waals surface area (Å²) in [5.74, 6) is 5.80. The number of phosphoric ester groups is 1. The third-order valence-corrected chi connectivity index (χ3v) is 13.1. The van der Waals surface area contributed by atoms with Crippen LogP contribution in [0.4, 0.5) is 17.2 Å². The molecule has 21 nitrogen and oxygen atoms in total. The van der Waals surface area contributed by atoms with Crippen LogP contribution < -0.4 is 30.3 Å². The molecule has 1 fully saturated rings. The molecule has 0 aliphatic carbocycles. The van der Waals surface area contributed by atoms with Crippen LogP contribution in [0, 0.1) is 11.8 Å². The van der Waals surface area contributed by atoms with Crippen molar-refractivity contribution < 1.29 is 65.6 Å². The predicted molar refractivity (Wildman–Crippen MR) is 213 cm³/mol. The second kappa shape index (κ2) is 17.6. The molecule has 0 bridgehead atoms. The van der Waals surface area contributed by atoms with Gasteiger partial charge in [-0.1, -0.05) is 11.8 Å². The van der Waals surface area contributed by atoms with E-state index in [1.165, 1.54) is 10.9 Å².